The molecule has 2 unspecified atom stereocenters. The number of amidine groups is 1. The van der Waals surface area contributed by atoms with Gasteiger partial charge in [-0.1, -0.05) is 24.6 Å². The molecule has 1 N–H and O–H groups in total. The van der Waals surface area contributed by atoms with Crippen LogP contribution in [0.1, 0.15) is 32.8 Å². The molecule has 1 aromatic carbocycles. The van der Waals surface area contributed by atoms with Crippen LogP contribution in [0.3, 0.4) is 0 Å². The van der Waals surface area contributed by atoms with E-state index in [1.54, 1.807) is 0 Å². The first-order valence-electron chi connectivity index (χ1n) is 9.87. The van der Waals surface area contributed by atoms with E-state index < -0.39 is 0 Å². The lowest BCUT2D eigenvalue weighted by molar-refractivity contribution is -0.522. The van der Waals surface area contributed by atoms with Gasteiger partial charge >= 0.3 is 0 Å². The van der Waals surface area contributed by atoms with Gasteiger partial charge in [0.25, 0.3) is 0 Å². The van der Waals surface area contributed by atoms with Gasteiger partial charge < -0.3 is 10.2 Å². The summed E-state index contributed by atoms with van der Waals surface area (Å²) in [5.41, 5.74) is 4.46. The van der Waals surface area contributed by atoms with E-state index in [0.717, 1.165) is 55.4 Å². The first kappa shape index (κ1) is 20.0. The number of rotatable bonds is 3. The van der Waals surface area contributed by atoms with Gasteiger partial charge in [0.2, 0.25) is 0 Å². The van der Waals surface area contributed by atoms with Gasteiger partial charge in [-0.2, -0.15) is 0 Å². The second-order valence-corrected chi connectivity index (χ2v) is 7.91. The van der Waals surface area contributed by atoms with Gasteiger partial charge in [0.05, 0.1) is 5.69 Å². The van der Waals surface area contributed by atoms with Crippen molar-refractivity contribution in [2.24, 2.45) is 9.98 Å². The Morgan fingerprint density at radius 1 is 1.33 bits per heavy atom. The van der Waals surface area contributed by atoms with Crippen molar-refractivity contribution < 1.29 is 4.58 Å². The maximum absolute atomic E-state index is 6.26. The zero-order valence-corrected chi connectivity index (χ0v) is 17.8. The molecule has 1 saturated heterocycles. The van der Waals surface area contributed by atoms with Crippen molar-refractivity contribution in [2.75, 3.05) is 33.2 Å². The van der Waals surface area contributed by atoms with Crippen LogP contribution in [0.2, 0.25) is 5.02 Å². The quantitative estimate of drug-likeness (QED) is 0.490. The molecule has 0 aliphatic carbocycles. The summed E-state index contributed by atoms with van der Waals surface area (Å²) in [6.07, 6.45) is 0.999. The Morgan fingerprint density at radius 2 is 2.04 bits per heavy atom. The lowest BCUT2D eigenvalue weighted by atomic mass is 10.0. The number of halogens is 1. The SMILES string of the molecule is CCC1C(C(=Nc2cc(Cl)ccc2C)N2CCNCC2)=NC(C)C(C)=[N+]1C. The van der Waals surface area contributed by atoms with Crippen LogP contribution in [0.4, 0.5) is 5.69 Å². The minimum atomic E-state index is 0.168. The molecule has 6 heteroatoms. The molecular formula is C21H31ClN5+. The topological polar surface area (TPSA) is 43.0 Å². The van der Waals surface area contributed by atoms with Crippen LogP contribution in [0.25, 0.3) is 0 Å². The Balaban J connectivity index is 2.11. The minimum absolute atomic E-state index is 0.168. The van der Waals surface area contributed by atoms with Gasteiger partial charge in [0, 0.05) is 44.5 Å². The second kappa shape index (κ2) is 8.53. The van der Waals surface area contributed by atoms with Crippen molar-refractivity contribution in [2.45, 2.75) is 46.2 Å². The summed E-state index contributed by atoms with van der Waals surface area (Å²) in [5, 5.41) is 4.15. The van der Waals surface area contributed by atoms with Crippen LogP contribution in [0, 0.1) is 6.92 Å². The zero-order valence-electron chi connectivity index (χ0n) is 17.1. The van der Waals surface area contributed by atoms with Crippen LogP contribution in [0.15, 0.2) is 28.2 Å². The molecule has 5 nitrogen and oxygen atoms in total. The van der Waals surface area contributed by atoms with Gasteiger partial charge in [-0.15, -0.1) is 0 Å². The lowest BCUT2D eigenvalue weighted by Gasteiger charge is -2.33. The maximum atomic E-state index is 6.26. The Hall–Kier alpha value is -1.72. The van der Waals surface area contributed by atoms with E-state index in [9.17, 15) is 0 Å². The van der Waals surface area contributed by atoms with Crippen LogP contribution >= 0.6 is 11.6 Å². The highest BCUT2D eigenvalue weighted by atomic mass is 35.5. The van der Waals surface area contributed by atoms with Crippen molar-refractivity contribution in [3.05, 3.63) is 28.8 Å². The smallest absolute Gasteiger partial charge is 0.197 e. The molecule has 27 heavy (non-hydrogen) atoms. The first-order chi connectivity index (χ1) is 12.9. The molecular weight excluding hydrogens is 358 g/mol. The van der Waals surface area contributed by atoms with Crippen molar-refractivity contribution in [1.29, 1.82) is 0 Å². The molecule has 0 bridgehead atoms. The minimum Gasteiger partial charge on any atom is -0.352 e. The third-order valence-electron chi connectivity index (χ3n) is 5.71. The molecule has 0 saturated carbocycles. The summed E-state index contributed by atoms with van der Waals surface area (Å²) in [5.74, 6) is 1.000. The van der Waals surface area contributed by atoms with E-state index in [2.05, 4.69) is 49.5 Å². The molecule has 3 rings (SSSR count). The van der Waals surface area contributed by atoms with Gasteiger partial charge in [-0.25, -0.2) is 9.57 Å². The monoisotopic (exact) mass is 388 g/mol. The van der Waals surface area contributed by atoms with Crippen molar-refractivity contribution in [1.82, 2.24) is 10.2 Å². The van der Waals surface area contributed by atoms with Crippen molar-refractivity contribution in [3.63, 3.8) is 0 Å². The van der Waals surface area contributed by atoms with Gasteiger partial charge in [-0.05, 0) is 31.5 Å². The van der Waals surface area contributed by atoms with E-state index in [1.807, 2.05) is 18.2 Å². The number of nitrogens with one attached hydrogen (secondary N) is 1. The average Bonchev–Trinajstić information content (AvgIpc) is 2.67. The highest BCUT2D eigenvalue weighted by molar-refractivity contribution is 6.44. The fourth-order valence-electron chi connectivity index (χ4n) is 3.77. The van der Waals surface area contributed by atoms with Crippen LogP contribution in [-0.4, -0.2) is 72.0 Å². The molecule has 0 aromatic heterocycles. The van der Waals surface area contributed by atoms with Gasteiger partial charge in [0.15, 0.2) is 17.6 Å². The zero-order chi connectivity index (χ0) is 19.6. The summed E-state index contributed by atoms with van der Waals surface area (Å²) in [4.78, 5) is 12.6. The highest BCUT2D eigenvalue weighted by Gasteiger charge is 2.36. The number of aryl methyl sites for hydroxylation is 1. The summed E-state index contributed by atoms with van der Waals surface area (Å²) < 4.78 is 2.37. The molecule has 0 radical (unpaired) electrons. The molecule has 1 fully saturated rings. The number of hydrogen-bond acceptors (Lipinski definition) is 3. The Morgan fingerprint density at radius 3 is 2.70 bits per heavy atom. The Labute approximate surface area is 167 Å². The molecule has 146 valence electrons. The summed E-state index contributed by atoms with van der Waals surface area (Å²) in [6, 6.07) is 6.31. The maximum Gasteiger partial charge on any atom is 0.197 e. The predicted molar refractivity (Wildman–Crippen MR) is 116 cm³/mol. The largest absolute Gasteiger partial charge is 0.352 e. The third kappa shape index (κ3) is 4.25. The molecule has 2 aliphatic heterocycles. The van der Waals surface area contributed by atoms with Crippen LogP contribution in [-0.2, 0) is 0 Å². The number of benzene rings is 1. The van der Waals surface area contributed by atoms with E-state index >= 15 is 0 Å². The molecule has 2 atom stereocenters. The normalized spacial score (nSPS) is 24.3. The number of nitrogens with zero attached hydrogens (tertiary/aromatic N) is 4. The number of hydrogen-bond donors (Lipinski definition) is 1. The summed E-state index contributed by atoms with van der Waals surface area (Å²) in [6.45, 7) is 12.5. The average molecular weight is 389 g/mol. The lowest BCUT2D eigenvalue weighted by Crippen LogP contribution is -2.54. The first-order valence-corrected chi connectivity index (χ1v) is 10.2. The Kier molecular flexibility index (Phi) is 6.33. The Bertz CT molecular complexity index is 790. The van der Waals surface area contributed by atoms with Crippen LogP contribution in [0.5, 0.6) is 0 Å². The standard InChI is InChI=1S/C21H31ClN5/c1-6-19-20(24-15(3)16(4)26(19)5)21(27-11-9-23-10-12-27)25-18-13-17(22)8-7-14(18)2/h7-8,13,15,19,23H,6,9-12H2,1-5H3/q+1. The number of aliphatic imine (C=N–C) groups is 2. The van der Waals surface area contributed by atoms with E-state index in [0.29, 0.717) is 5.02 Å². The van der Waals surface area contributed by atoms with Crippen LogP contribution < -0.4 is 5.32 Å². The molecule has 1 aromatic rings. The van der Waals surface area contributed by atoms with Crippen molar-refractivity contribution in [3.8, 4) is 0 Å². The predicted octanol–water partition coefficient (Wildman–Crippen LogP) is 3.31. The fraction of sp³-hybridized carbons (Fsp3) is 0.571. The summed E-state index contributed by atoms with van der Waals surface area (Å²) >= 11 is 6.26. The summed E-state index contributed by atoms with van der Waals surface area (Å²) in [7, 11) is 2.18. The van der Waals surface area contributed by atoms with E-state index in [1.165, 1.54) is 5.71 Å². The highest BCUT2D eigenvalue weighted by Crippen LogP contribution is 2.25. The molecule has 2 aliphatic rings. The van der Waals surface area contributed by atoms with Crippen molar-refractivity contribution >= 4 is 34.5 Å². The van der Waals surface area contributed by atoms with E-state index in [4.69, 9.17) is 21.6 Å². The molecule has 0 amide bonds. The fourth-order valence-corrected chi connectivity index (χ4v) is 3.94. The van der Waals surface area contributed by atoms with Gasteiger partial charge in [0.1, 0.15) is 18.8 Å². The molecule has 2 heterocycles. The third-order valence-corrected chi connectivity index (χ3v) is 5.94. The molecule has 0 spiro atoms. The number of piperazine rings is 1. The van der Waals surface area contributed by atoms with Gasteiger partial charge in [-0.3, -0.25) is 4.99 Å². The second-order valence-electron chi connectivity index (χ2n) is 7.47. The van der Waals surface area contributed by atoms with E-state index in [-0.39, 0.29) is 12.1 Å².